The highest BCUT2D eigenvalue weighted by Gasteiger charge is 2.40. The van der Waals surface area contributed by atoms with Crippen LogP contribution in [-0.4, -0.2) is 18.0 Å². The minimum Gasteiger partial charge on any atom is -0.450 e. The average Bonchev–Trinajstić information content (AvgIpc) is 2.35. The van der Waals surface area contributed by atoms with Crippen LogP contribution in [0.1, 0.15) is 0 Å². The van der Waals surface area contributed by atoms with E-state index in [1.54, 1.807) is 6.07 Å². The van der Waals surface area contributed by atoms with Crippen molar-refractivity contribution in [1.29, 1.82) is 5.26 Å². The molecule has 0 radical (unpaired) electrons. The van der Waals surface area contributed by atoms with Crippen LogP contribution in [0.15, 0.2) is 10.1 Å². The maximum absolute atomic E-state index is 10.9. The van der Waals surface area contributed by atoms with E-state index in [0.29, 0.717) is 0 Å². The Morgan fingerprint density at radius 1 is 1.64 bits per heavy atom. The molecular weight excluding hydrogens is 231 g/mol. The smallest absolute Gasteiger partial charge is 0.351 e. The molecule has 2 N–H and O–H groups in total. The number of esters is 1. The topological polar surface area (TPSA) is 93.2 Å². The monoisotopic (exact) mass is 234 g/mol. The number of carbonyl (C=O) groups excluding carboxylic acids is 2. The lowest BCUT2D eigenvalue weighted by Gasteiger charge is -2.12. The van der Waals surface area contributed by atoms with E-state index < -0.39 is 23.9 Å². The first-order chi connectivity index (χ1) is 6.49. The molecular formula is C7H4Cl2N2O3. The number of hydrogen-bond donors (Lipinski definition) is 1. The third kappa shape index (κ3) is 1.67. The summed E-state index contributed by atoms with van der Waals surface area (Å²) in [5, 5.41) is 8.09. The van der Waals surface area contributed by atoms with E-state index in [0.717, 1.165) is 0 Å². The summed E-state index contributed by atoms with van der Waals surface area (Å²) in [6, 6.07) is 1.59. The summed E-state index contributed by atoms with van der Waals surface area (Å²) in [4.78, 5) is 21.6. The van der Waals surface area contributed by atoms with Gasteiger partial charge in [-0.2, -0.15) is 5.26 Å². The lowest BCUT2D eigenvalue weighted by Crippen LogP contribution is -2.33. The third-order valence-electron chi connectivity index (χ3n) is 1.62. The number of cyclic esters (lactones) is 1. The maximum Gasteiger partial charge on any atom is 0.351 e. The Morgan fingerprint density at radius 2 is 2.21 bits per heavy atom. The summed E-state index contributed by atoms with van der Waals surface area (Å²) in [6.07, 6.45) is -1.18. The molecule has 1 aliphatic heterocycles. The molecule has 2 atom stereocenters. The van der Waals surface area contributed by atoms with E-state index in [2.05, 4.69) is 4.74 Å². The van der Waals surface area contributed by atoms with Gasteiger partial charge in [-0.25, -0.2) is 4.79 Å². The van der Waals surface area contributed by atoms with Crippen LogP contribution >= 0.6 is 23.2 Å². The number of hydrogen-bond acceptors (Lipinski definition) is 4. The summed E-state index contributed by atoms with van der Waals surface area (Å²) >= 11 is 11.0. The number of nitriles is 1. The summed E-state index contributed by atoms with van der Waals surface area (Å²) < 4.78 is 4.60. The van der Waals surface area contributed by atoms with E-state index in [1.165, 1.54) is 0 Å². The Balaban J connectivity index is 2.99. The van der Waals surface area contributed by atoms with Gasteiger partial charge in [-0.15, -0.1) is 0 Å². The van der Waals surface area contributed by atoms with Crippen LogP contribution in [0.25, 0.3) is 0 Å². The summed E-state index contributed by atoms with van der Waals surface area (Å²) in [5.41, 5.74) is 4.90. The molecule has 1 aliphatic rings. The second-order valence-corrected chi connectivity index (χ2v) is 3.28. The van der Waals surface area contributed by atoms with Crippen molar-refractivity contribution in [2.24, 2.45) is 11.7 Å². The van der Waals surface area contributed by atoms with Gasteiger partial charge in [0.25, 0.3) is 0 Å². The normalized spacial score (nSPS) is 22.9. The predicted octanol–water partition coefficient (Wildman–Crippen LogP) is 0.226. The Bertz CT molecular complexity index is 372. The van der Waals surface area contributed by atoms with Gasteiger partial charge in [0.1, 0.15) is 5.03 Å². The van der Waals surface area contributed by atoms with E-state index in [4.69, 9.17) is 34.2 Å². The van der Waals surface area contributed by atoms with Crippen molar-refractivity contribution in [2.45, 2.75) is 6.10 Å². The first-order valence-electron chi connectivity index (χ1n) is 3.44. The van der Waals surface area contributed by atoms with Crippen LogP contribution in [-0.2, 0) is 14.3 Å². The largest absolute Gasteiger partial charge is 0.450 e. The van der Waals surface area contributed by atoms with Gasteiger partial charge in [-0.05, 0) is 0 Å². The first kappa shape index (κ1) is 10.8. The van der Waals surface area contributed by atoms with Gasteiger partial charge in [-0.3, -0.25) is 4.79 Å². The van der Waals surface area contributed by atoms with Crippen molar-refractivity contribution in [2.75, 3.05) is 0 Å². The fraction of sp³-hybridized carbons (Fsp3) is 0.286. The minimum atomic E-state index is -1.32. The highest BCUT2D eigenvalue weighted by atomic mass is 35.5. The standard InChI is InChI=1S/C7H4Cl2N2O3/c8-3-4(9)7(13)14-5(3)2(1-10)6(11)12/h2,5H,(H2,11,12)/t2-,5-/m0/s1. The molecule has 0 aliphatic carbocycles. The zero-order valence-corrected chi connectivity index (χ0v) is 8.17. The van der Waals surface area contributed by atoms with Crippen molar-refractivity contribution < 1.29 is 14.3 Å². The van der Waals surface area contributed by atoms with E-state index in [-0.39, 0.29) is 10.1 Å². The molecule has 0 fully saturated rings. The molecule has 74 valence electrons. The number of rotatable bonds is 2. The van der Waals surface area contributed by atoms with Crippen molar-refractivity contribution in [3.8, 4) is 6.07 Å². The van der Waals surface area contributed by atoms with Crippen LogP contribution in [0.2, 0.25) is 0 Å². The third-order valence-corrected chi connectivity index (χ3v) is 2.48. The highest BCUT2D eigenvalue weighted by Crippen LogP contribution is 2.32. The van der Waals surface area contributed by atoms with Crippen LogP contribution in [0.4, 0.5) is 0 Å². The number of halogens is 2. The fourth-order valence-corrected chi connectivity index (χ4v) is 1.34. The van der Waals surface area contributed by atoms with Gasteiger partial charge in [0.2, 0.25) is 5.91 Å². The number of nitrogens with two attached hydrogens (primary N) is 1. The van der Waals surface area contributed by atoms with Crippen molar-refractivity contribution >= 4 is 35.1 Å². The van der Waals surface area contributed by atoms with Gasteiger partial charge in [0, 0.05) is 0 Å². The minimum absolute atomic E-state index is 0.165. The van der Waals surface area contributed by atoms with Gasteiger partial charge in [-0.1, -0.05) is 23.2 Å². The van der Waals surface area contributed by atoms with Crippen LogP contribution < -0.4 is 5.73 Å². The molecule has 5 nitrogen and oxygen atoms in total. The van der Waals surface area contributed by atoms with Crippen LogP contribution in [0, 0.1) is 17.2 Å². The first-order valence-corrected chi connectivity index (χ1v) is 4.19. The second kappa shape index (κ2) is 3.86. The van der Waals surface area contributed by atoms with Crippen LogP contribution in [0.3, 0.4) is 0 Å². The molecule has 14 heavy (non-hydrogen) atoms. The predicted molar refractivity (Wildman–Crippen MR) is 46.9 cm³/mol. The zero-order valence-electron chi connectivity index (χ0n) is 6.66. The molecule has 0 saturated carbocycles. The number of nitrogens with zero attached hydrogens (tertiary/aromatic N) is 1. The van der Waals surface area contributed by atoms with Crippen LogP contribution in [0.5, 0.6) is 0 Å². The lowest BCUT2D eigenvalue weighted by molar-refractivity contribution is -0.141. The Morgan fingerprint density at radius 3 is 2.50 bits per heavy atom. The van der Waals surface area contributed by atoms with Gasteiger partial charge in [0.15, 0.2) is 12.0 Å². The lowest BCUT2D eigenvalue weighted by atomic mass is 10.0. The Kier molecular flexibility index (Phi) is 2.99. The summed E-state index contributed by atoms with van der Waals surface area (Å²) in [6.45, 7) is 0. The molecule has 1 amide bonds. The molecule has 7 heteroatoms. The molecule has 0 aromatic heterocycles. The highest BCUT2D eigenvalue weighted by molar-refractivity contribution is 6.48. The molecule has 0 aromatic rings. The number of ether oxygens (including phenoxy) is 1. The van der Waals surface area contributed by atoms with Crippen molar-refractivity contribution in [3.05, 3.63) is 10.1 Å². The number of primary amides is 1. The maximum atomic E-state index is 10.9. The molecule has 0 unspecified atom stereocenters. The van der Waals surface area contributed by atoms with E-state index in [1.807, 2.05) is 0 Å². The second-order valence-electron chi connectivity index (χ2n) is 2.50. The van der Waals surface area contributed by atoms with E-state index in [9.17, 15) is 9.59 Å². The zero-order chi connectivity index (χ0) is 10.9. The Labute approximate surface area is 89.0 Å². The molecule has 0 saturated heterocycles. The summed E-state index contributed by atoms with van der Waals surface area (Å²) in [5.74, 6) is -3.10. The number of amides is 1. The van der Waals surface area contributed by atoms with Gasteiger partial charge < -0.3 is 10.5 Å². The fourth-order valence-electron chi connectivity index (χ4n) is 0.936. The van der Waals surface area contributed by atoms with Gasteiger partial charge in [0.05, 0.1) is 11.1 Å². The van der Waals surface area contributed by atoms with Crippen molar-refractivity contribution in [1.82, 2.24) is 0 Å². The SMILES string of the molecule is N#C[C@H](C(N)=O)[C@@H]1OC(=O)C(Cl)=C1Cl. The van der Waals surface area contributed by atoms with E-state index >= 15 is 0 Å². The average molecular weight is 235 g/mol. The number of carbonyl (C=O) groups is 2. The van der Waals surface area contributed by atoms with Gasteiger partial charge >= 0.3 is 5.97 Å². The molecule has 0 aromatic carbocycles. The summed E-state index contributed by atoms with van der Waals surface area (Å²) in [7, 11) is 0. The molecule has 0 spiro atoms. The molecule has 0 bridgehead atoms. The molecule has 1 rings (SSSR count). The Hall–Kier alpha value is -1.25. The van der Waals surface area contributed by atoms with Crippen molar-refractivity contribution in [3.63, 3.8) is 0 Å². The molecule has 1 heterocycles. The quantitative estimate of drug-likeness (QED) is 0.693.